The molecule has 2 N–H and O–H groups in total. The highest BCUT2D eigenvalue weighted by Gasteiger charge is 2.26. The van der Waals surface area contributed by atoms with E-state index in [1.54, 1.807) is 12.4 Å². The van der Waals surface area contributed by atoms with Crippen LogP contribution in [-0.4, -0.2) is 41.4 Å². The first-order valence-corrected chi connectivity index (χ1v) is 11.0. The van der Waals surface area contributed by atoms with Crippen LogP contribution in [-0.2, 0) is 0 Å². The molecule has 7 heteroatoms. The quantitative estimate of drug-likeness (QED) is 0.277. The van der Waals surface area contributed by atoms with Crippen molar-refractivity contribution in [2.24, 2.45) is 10.9 Å². The van der Waals surface area contributed by atoms with E-state index in [1.807, 2.05) is 53.6 Å². The van der Waals surface area contributed by atoms with Gasteiger partial charge in [0.1, 0.15) is 0 Å². The smallest absolute Gasteiger partial charge is 0.253 e. The first-order valence-electron chi connectivity index (χ1n) is 11.0. The second-order valence-electron chi connectivity index (χ2n) is 7.83. The molecule has 1 aromatic carbocycles. The van der Waals surface area contributed by atoms with Crippen LogP contribution in [0.4, 0.5) is 5.69 Å². The van der Waals surface area contributed by atoms with Crippen LogP contribution >= 0.6 is 0 Å². The largest absolute Gasteiger partial charge is 0.355 e. The van der Waals surface area contributed by atoms with Gasteiger partial charge in [-0.15, -0.1) is 4.99 Å². The number of carbonyl (C=O) groups is 1. The number of aliphatic imine (C=N–C) groups is 1. The van der Waals surface area contributed by atoms with Crippen LogP contribution in [0, 0.1) is 17.4 Å². The van der Waals surface area contributed by atoms with Gasteiger partial charge >= 0.3 is 0 Å². The van der Waals surface area contributed by atoms with Gasteiger partial charge in [0, 0.05) is 31.4 Å². The van der Waals surface area contributed by atoms with Gasteiger partial charge in [-0.3, -0.25) is 9.78 Å². The maximum absolute atomic E-state index is 12.5. The predicted octanol–water partition coefficient (Wildman–Crippen LogP) is 4.03. The van der Waals surface area contributed by atoms with Gasteiger partial charge in [0.05, 0.1) is 11.9 Å². The number of aromatic nitrogens is 1. The number of pyridine rings is 1. The number of likely N-dealkylation sites (tertiary alicyclic amines) is 1. The van der Waals surface area contributed by atoms with E-state index in [4.69, 9.17) is 5.26 Å². The molecule has 2 aromatic rings. The van der Waals surface area contributed by atoms with Crippen molar-refractivity contribution in [2.75, 3.05) is 25.0 Å². The first-order chi connectivity index (χ1) is 15.3. The highest BCUT2D eigenvalue weighted by atomic mass is 16.2. The molecule has 1 aromatic heterocycles. The first kappa shape index (κ1) is 22.3. The Morgan fingerprint density at radius 1 is 1.16 bits per heavy atom. The van der Waals surface area contributed by atoms with Crippen LogP contribution in [0.1, 0.15) is 48.9 Å². The zero-order chi connectivity index (χ0) is 21.7. The number of nitrogens with one attached hydrogen (secondary N) is 2. The molecule has 0 spiro atoms. The molecule has 1 fully saturated rings. The highest BCUT2D eigenvalue weighted by Crippen LogP contribution is 2.23. The van der Waals surface area contributed by atoms with Gasteiger partial charge in [0.15, 0.2) is 0 Å². The number of amides is 1. The number of unbranched alkanes of at least 4 members (excludes halogenated alkanes) is 3. The molecule has 1 atom stereocenters. The third-order valence-corrected chi connectivity index (χ3v) is 5.51. The Morgan fingerprint density at radius 3 is 2.77 bits per heavy atom. The monoisotopic (exact) mass is 418 g/mol. The van der Waals surface area contributed by atoms with Crippen molar-refractivity contribution in [3.8, 4) is 6.19 Å². The molecule has 1 aliphatic heterocycles. The van der Waals surface area contributed by atoms with Gasteiger partial charge in [-0.1, -0.05) is 37.5 Å². The Bertz CT molecular complexity index is 878. The third kappa shape index (κ3) is 7.41. The van der Waals surface area contributed by atoms with Crippen molar-refractivity contribution in [3.63, 3.8) is 0 Å². The lowest BCUT2D eigenvalue weighted by molar-refractivity contribution is 0.0786. The standard InChI is InChI=1S/C24H30N6O/c25-19-28-24(29-22-12-8-14-26-17-22)27-15-7-2-1-4-9-20-13-16-30(18-20)23(31)21-10-5-3-6-11-21/h3,5-6,8,10-12,14,17,20H,1-2,4,7,9,13,15-16,18H2,(H2,27,28,29). The molecule has 0 radical (unpaired) electrons. The molecule has 1 aliphatic rings. The number of hydrogen-bond acceptors (Lipinski definition) is 4. The van der Waals surface area contributed by atoms with E-state index in [1.165, 1.54) is 19.3 Å². The summed E-state index contributed by atoms with van der Waals surface area (Å²) in [7, 11) is 0. The van der Waals surface area contributed by atoms with Crippen molar-refractivity contribution in [2.45, 2.75) is 38.5 Å². The Hall–Kier alpha value is -3.40. The van der Waals surface area contributed by atoms with Crippen LogP contribution < -0.4 is 10.6 Å². The van der Waals surface area contributed by atoms with Gasteiger partial charge in [-0.25, -0.2) is 0 Å². The lowest BCUT2D eigenvalue weighted by atomic mass is 10.00. The summed E-state index contributed by atoms with van der Waals surface area (Å²) < 4.78 is 0. The number of hydrogen-bond donors (Lipinski definition) is 2. The lowest BCUT2D eigenvalue weighted by Crippen LogP contribution is -2.31. The lowest BCUT2D eigenvalue weighted by Gasteiger charge is -2.16. The van der Waals surface area contributed by atoms with Gasteiger partial charge in [-0.05, 0) is 49.4 Å². The number of nitriles is 1. The van der Waals surface area contributed by atoms with Crippen LogP contribution in [0.2, 0.25) is 0 Å². The Labute approximate surface area is 184 Å². The Balaban J connectivity index is 1.26. The highest BCUT2D eigenvalue weighted by molar-refractivity contribution is 5.94. The summed E-state index contributed by atoms with van der Waals surface area (Å²) in [5, 5.41) is 15.1. The van der Waals surface area contributed by atoms with E-state index in [-0.39, 0.29) is 5.91 Å². The molecule has 0 aliphatic carbocycles. The summed E-state index contributed by atoms with van der Waals surface area (Å²) in [5.41, 5.74) is 1.58. The maximum Gasteiger partial charge on any atom is 0.253 e. The fourth-order valence-electron chi connectivity index (χ4n) is 3.87. The van der Waals surface area contributed by atoms with E-state index in [0.717, 1.165) is 50.1 Å². The number of rotatable bonds is 9. The molecule has 2 heterocycles. The summed E-state index contributed by atoms with van der Waals surface area (Å²) in [5.74, 6) is 1.22. The van der Waals surface area contributed by atoms with Gasteiger partial charge < -0.3 is 15.5 Å². The minimum atomic E-state index is 0.156. The number of anilines is 1. The summed E-state index contributed by atoms with van der Waals surface area (Å²) in [4.78, 5) is 22.4. The van der Waals surface area contributed by atoms with Crippen molar-refractivity contribution >= 4 is 17.6 Å². The Kier molecular flexibility index (Phi) is 8.87. The number of nitrogens with zero attached hydrogens (tertiary/aromatic N) is 4. The zero-order valence-electron chi connectivity index (χ0n) is 17.8. The maximum atomic E-state index is 12.5. The van der Waals surface area contributed by atoms with Crippen LogP contribution in [0.3, 0.4) is 0 Å². The van der Waals surface area contributed by atoms with Gasteiger partial charge in [0.25, 0.3) is 5.91 Å². The van der Waals surface area contributed by atoms with Crippen molar-refractivity contribution < 1.29 is 4.79 Å². The van der Waals surface area contributed by atoms with Crippen LogP contribution in [0.15, 0.2) is 59.9 Å². The van der Waals surface area contributed by atoms with Gasteiger partial charge in [-0.2, -0.15) is 5.26 Å². The third-order valence-electron chi connectivity index (χ3n) is 5.51. The summed E-state index contributed by atoms with van der Waals surface area (Å²) >= 11 is 0. The zero-order valence-corrected chi connectivity index (χ0v) is 17.8. The normalized spacial score (nSPS) is 16.0. The van der Waals surface area contributed by atoms with E-state index >= 15 is 0 Å². The average molecular weight is 419 g/mol. The van der Waals surface area contributed by atoms with Gasteiger partial charge in [0.2, 0.25) is 12.2 Å². The van der Waals surface area contributed by atoms with E-state index in [0.29, 0.717) is 11.9 Å². The predicted molar refractivity (Wildman–Crippen MR) is 122 cm³/mol. The molecule has 1 saturated heterocycles. The second-order valence-corrected chi connectivity index (χ2v) is 7.83. The Morgan fingerprint density at radius 2 is 2.00 bits per heavy atom. The van der Waals surface area contributed by atoms with Crippen molar-refractivity contribution in [3.05, 3.63) is 60.4 Å². The molecule has 162 valence electrons. The van der Waals surface area contributed by atoms with E-state index in [2.05, 4.69) is 20.6 Å². The molecule has 0 saturated carbocycles. The molecule has 7 nitrogen and oxygen atoms in total. The number of benzene rings is 1. The fourth-order valence-corrected chi connectivity index (χ4v) is 3.87. The van der Waals surface area contributed by atoms with E-state index in [9.17, 15) is 4.79 Å². The molecular formula is C24H30N6O. The van der Waals surface area contributed by atoms with Crippen molar-refractivity contribution in [1.29, 1.82) is 5.26 Å². The molecule has 1 unspecified atom stereocenters. The minimum absolute atomic E-state index is 0.156. The van der Waals surface area contributed by atoms with Crippen LogP contribution in [0.25, 0.3) is 0 Å². The summed E-state index contributed by atoms with van der Waals surface area (Å²) in [6, 6.07) is 13.3. The molecule has 3 rings (SSSR count). The molecule has 31 heavy (non-hydrogen) atoms. The number of carbonyl (C=O) groups excluding carboxylic acids is 1. The van der Waals surface area contributed by atoms with E-state index < -0.39 is 0 Å². The number of guanidine groups is 1. The van der Waals surface area contributed by atoms with Crippen LogP contribution in [0.5, 0.6) is 0 Å². The fraction of sp³-hybridized carbons (Fsp3) is 0.417. The van der Waals surface area contributed by atoms with Crippen molar-refractivity contribution in [1.82, 2.24) is 15.2 Å². The molecule has 0 bridgehead atoms. The summed E-state index contributed by atoms with van der Waals surface area (Å²) in [6.07, 6.45) is 12.0. The molecular weight excluding hydrogens is 388 g/mol. The average Bonchev–Trinajstić information content (AvgIpc) is 3.28. The topological polar surface area (TPSA) is 93.4 Å². The summed E-state index contributed by atoms with van der Waals surface area (Å²) in [6.45, 7) is 2.51. The second kappa shape index (κ2) is 12.3. The SMILES string of the molecule is N#C/N=C(/NCCCCCCC1CCN(C(=O)c2ccccc2)C1)Nc1cccnc1. The molecule has 1 amide bonds. The minimum Gasteiger partial charge on any atom is -0.355 e.